The van der Waals surface area contributed by atoms with Gasteiger partial charge < -0.3 is 15.8 Å². The predicted octanol–water partition coefficient (Wildman–Crippen LogP) is 1.65. The van der Waals surface area contributed by atoms with E-state index in [-0.39, 0.29) is 5.84 Å². The Balaban J connectivity index is 2.47. The Morgan fingerprint density at radius 3 is 2.74 bits per heavy atom. The number of anilines is 2. The van der Waals surface area contributed by atoms with E-state index in [9.17, 15) is 0 Å². The van der Waals surface area contributed by atoms with Crippen LogP contribution in [0.1, 0.15) is 11.4 Å². The van der Waals surface area contributed by atoms with Crippen LogP contribution in [0.25, 0.3) is 0 Å². The van der Waals surface area contributed by atoms with Gasteiger partial charge in [-0.25, -0.2) is 9.97 Å². The maximum Gasteiger partial charge on any atom is 0.172 e. The molecule has 0 fully saturated rings. The summed E-state index contributed by atoms with van der Waals surface area (Å²) in [6.07, 6.45) is 1.69. The quantitative estimate of drug-likeness (QED) is 0.378. The third kappa shape index (κ3) is 2.62. The molecule has 98 valence electrons. The van der Waals surface area contributed by atoms with Crippen LogP contribution >= 0.6 is 0 Å². The van der Waals surface area contributed by atoms with Crippen LogP contribution < -0.4 is 10.6 Å². The van der Waals surface area contributed by atoms with E-state index < -0.39 is 0 Å². The second-order valence-electron chi connectivity index (χ2n) is 4.02. The summed E-state index contributed by atoms with van der Waals surface area (Å²) < 4.78 is 0. The molecular weight excluding hydrogens is 242 g/mol. The highest BCUT2D eigenvalue weighted by atomic mass is 16.4. The zero-order valence-electron chi connectivity index (χ0n) is 10.8. The normalized spacial score (nSPS) is 11.4. The summed E-state index contributed by atoms with van der Waals surface area (Å²) in [6.45, 7) is 1.83. The number of amidine groups is 1. The molecule has 0 saturated heterocycles. The lowest BCUT2D eigenvalue weighted by molar-refractivity contribution is 0.318. The molecule has 2 aromatic rings. The highest BCUT2D eigenvalue weighted by molar-refractivity contribution is 6.02. The van der Waals surface area contributed by atoms with Gasteiger partial charge in [0.05, 0.1) is 5.69 Å². The van der Waals surface area contributed by atoms with Gasteiger partial charge >= 0.3 is 0 Å². The molecule has 0 atom stereocenters. The largest absolute Gasteiger partial charge is 0.409 e. The topological polar surface area (TPSA) is 87.6 Å². The minimum atomic E-state index is 0.0632. The lowest BCUT2D eigenvalue weighted by Gasteiger charge is -2.21. The third-order valence-electron chi connectivity index (χ3n) is 2.75. The smallest absolute Gasteiger partial charge is 0.172 e. The maximum atomic E-state index is 8.83. The van der Waals surface area contributed by atoms with E-state index in [1.165, 1.54) is 0 Å². The fourth-order valence-corrected chi connectivity index (χ4v) is 1.79. The molecule has 6 nitrogen and oxygen atoms in total. The highest BCUT2D eigenvalue weighted by Gasteiger charge is 2.12. The second-order valence-corrected chi connectivity index (χ2v) is 4.02. The van der Waals surface area contributed by atoms with Gasteiger partial charge in [-0.15, -0.1) is 0 Å². The molecule has 3 N–H and O–H groups in total. The number of nitrogens with two attached hydrogens (primary N) is 1. The number of para-hydroxylation sites is 1. The minimum Gasteiger partial charge on any atom is -0.409 e. The molecule has 0 radical (unpaired) electrons. The van der Waals surface area contributed by atoms with Gasteiger partial charge in [-0.3, -0.25) is 0 Å². The number of rotatable bonds is 3. The Labute approximate surface area is 111 Å². The van der Waals surface area contributed by atoms with Crippen molar-refractivity contribution >= 4 is 17.3 Å². The van der Waals surface area contributed by atoms with Crippen molar-refractivity contribution in [2.24, 2.45) is 10.9 Å². The first-order valence-electron chi connectivity index (χ1n) is 5.74. The van der Waals surface area contributed by atoms with Crippen molar-refractivity contribution in [3.05, 3.63) is 47.9 Å². The van der Waals surface area contributed by atoms with Gasteiger partial charge in [0, 0.05) is 18.8 Å². The number of nitrogens with zero attached hydrogens (tertiary/aromatic N) is 4. The van der Waals surface area contributed by atoms with Crippen molar-refractivity contribution in [3.63, 3.8) is 0 Å². The fourth-order valence-electron chi connectivity index (χ4n) is 1.79. The van der Waals surface area contributed by atoms with E-state index in [1.807, 2.05) is 37.1 Å². The van der Waals surface area contributed by atoms with Gasteiger partial charge in [0.15, 0.2) is 5.84 Å². The third-order valence-corrected chi connectivity index (χ3v) is 2.75. The monoisotopic (exact) mass is 257 g/mol. The zero-order valence-corrected chi connectivity index (χ0v) is 10.8. The average molecular weight is 257 g/mol. The van der Waals surface area contributed by atoms with Crippen LogP contribution in [0.15, 0.2) is 41.7 Å². The van der Waals surface area contributed by atoms with Gasteiger partial charge in [-0.2, -0.15) is 0 Å². The SMILES string of the molecule is Cc1nccc(N(C)c2ccccc2C(N)=NO)n1. The van der Waals surface area contributed by atoms with Crippen molar-refractivity contribution in [2.45, 2.75) is 6.92 Å². The number of hydrogen-bond donors (Lipinski definition) is 2. The Morgan fingerprint density at radius 2 is 2.05 bits per heavy atom. The molecule has 0 aliphatic rings. The molecule has 0 unspecified atom stereocenters. The molecule has 1 aromatic carbocycles. The van der Waals surface area contributed by atoms with E-state index in [2.05, 4.69) is 15.1 Å². The summed E-state index contributed by atoms with van der Waals surface area (Å²) >= 11 is 0. The summed E-state index contributed by atoms with van der Waals surface area (Å²) in [7, 11) is 1.87. The Morgan fingerprint density at radius 1 is 1.32 bits per heavy atom. The van der Waals surface area contributed by atoms with Gasteiger partial charge in [0.25, 0.3) is 0 Å². The van der Waals surface area contributed by atoms with Crippen LogP contribution in [-0.4, -0.2) is 28.1 Å². The molecule has 6 heteroatoms. The van der Waals surface area contributed by atoms with Gasteiger partial charge in [-0.1, -0.05) is 17.3 Å². The minimum absolute atomic E-state index is 0.0632. The summed E-state index contributed by atoms with van der Waals surface area (Å²) in [5, 5.41) is 11.9. The van der Waals surface area contributed by atoms with Gasteiger partial charge in [-0.05, 0) is 25.1 Å². The summed E-state index contributed by atoms with van der Waals surface area (Å²) in [5.41, 5.74) is 7.13. The first-order valence-corrected chi connectivity index (χ1v) is 5.74. The Kier molecular flexibility index (Phi) is 3.61. The lowest BCUT2D eigenvalue weighted by Crippen LogP contribution is -2.20. The molecule has 2 rings (SSSR count). The molecule has 19 heavy (non-hydrogen) atoms. The van der Waals surface area contributed by atoms with Crippen LogP contribution in [0, 0.1) is 6.92 Å². The van der Waals surface area contributed by atoms with Crippen molar-refractivity contribution in [1.82, 2.24) is 9.97 Å². The standard InChI is InChI=1S/C13H15N5O/c1-9-15-8-7-12(16-9)18(2)11-6-4-3-5-10(11)13(14)17-19/h3-8,19H,1-2H3,(H2,14,17). The molecule has 0 aliphatic carbocycles. The zero-order chi connectivity index (χ0) is 13.8. The van der Waals surface area contributed by atoms with Gasteiger partial charge in [0.2, 0.25) is 0 Å². The highest BCUT2D eigenvalue weighted by Crippen LogP contribution is 2.25. The van der Waals surface area contributed by atoms with E-state index >= 15 is 0 Å². The van der Waals surface area contributed by atoms with E-state index in [0.29, 0.717) is 11.4 Å². The number of aryl methyl sites for hydroxylation is 1. The van der Waals surface area contributed by atoms with Crippen molar-refractivity contribution < 1.29 is 5.21 Å². The van der Waals surface area contributed by atoms with Crippen LogP contribution in [0.2, 0.25) is 0 Å². The number of benzene rings is 1. The summed E-state index contributed by atoms with van der Waals surface area (Å²) in [5.74, 6) is 1.49. The Hall–Kier alpha value is -2.63. The van der Waals surface area contributed by atoms with E-state index in [0.717, 1.165) is 11.5 Å². The van der Waals surface area contributed by atoms with Crippen molar-refractivity contribution in [2.75, 3.05) is 11.9 Å². The fraction of sp³-hybridized carbons (Fsp3) is 0.154. The van der Waals surface area contributed by atoms with Crippen LogP contribution in [0.4, 0.5) is 11.5 Å². The van der Waals surface area contributed by atoms with Crippen LogP contribution in [0.5, 0.6) is 0 Å². The van der Waals surface area contributed by atoms with Crippen LogP contribution in [0.3, 0.4) is 0 Å². The molecule has 0 bridgehead atoms. The van der Waals surface area contributed by atoms with Crippen LogP contribution in [-0.2, 0) is 0 Å². The number of oxime groups is 1. The first-order chi connectivity index (χ1) is 9.13. The Bertz CT molecular complexity index is 611. The molecular formula is C13H15N5O. The molecule has 0 spiro atoms. The molecule has 0 saturated carbocycles. The van der Waals surface area contributed by atoms with Crippen molar-refractivity contribution in [1.29, 1.82) is 0 Å². The lowest BCUT2D eigenvalue weighted by atomic mass is 10.1. The first kappa shape index (κ1) is 12.8. The van der Waals surface area contributed by atoms with E-state index in [1.54, 1.807) is 18.3 Å². The second kappa shape index (κ2) is 5.34. The number of hydrogen-bond acceptors (Lipinski definition) is 5. The summed E-state index contributed by atoms with van der Waals surface area (Å²) in [6, 6.07) is 9.18. The maximum absolute atomic E-state index is 8.83. The summed E-state index contributed by atoms with van der Waals surface area (Å²) in [4.78, 5) is 10.3. The predicted molar refractivity (Wildman–Crippen MR) is 73.8 cm³/mol. The molecule has 1 aromatic heterocycles. The number of aromatic nitrogens is 2. The molecule has 0 amide bonds. The average Bonchev–Trinajstić information content (AvgIpc) is 2.45. The van der Waals surface area contributed by atoms with E-state index in [4.69, 9.17) is 10.9 Å². The van der Waals surface area contributed by atoms with Gasteiger partial charge in [0.1, 0.15) is 11.6 Å². The molecule has 0 aliphatic heterocycles. The molecule has 1 heterocycles. The van der Waals surface area contributed by atoms with Crippen molar-refractivity contribution in [3.8, 4) is 0 Å².